The number of halogens is 1. The molecule has 3 rings (SSSR count). The first-order valence-corrected chi connectivity index (χ1v) is 8.39. The highest BCUT2D eigenvalue weighted by atomic mass is 19.1. The molecule has 3 nitrogen and oxygen atoms in total. The van der Waals surface area contributed by atoms with Crippen molar-refractivity contribution >= 4 is 5.69 Å². The van der Waals surface area contributed by atoms with Crippen LogP contribution in [0, 0.1) is 18.2 Å². The van der Waals surface area contributed by atoms with Gasteiger partial charge in [0, 0.05) is 29.9 Å². The van der Waals surface area contributed by atoms with E-state index in [1.165, 1.54) is 24.3 Å². The Morgan fingerprint density at radius 1 is 1.04 bits per heavy atom. The summed E-state index contributed by atoms with van der Waals surface area (Å²) in [5.41, 5.74) is 0.527. The lowest BCUT2D eigenvalue weighted by atomic mass is 9.87. The molecular formula is C21H22FNO2. The third kappa shape index (κ3) is 3.53. The van der Waals surface area contributed by atoms with Crippen LogP contribution in [0.5, 0.6) is 0 Å². The maximum atomic E-state index is 13.2. The molecule has 1 heterocycles. The fourth-order valence-corrected chi connectivity index (χ4v) is 3.33. The third-order valence-corrected chi connectivity index (χ3v) is 4.54. The van der Waals surface area contributed by atoms with Crippen LogP contribution in [0.1, 0.15) is 25.0 Å². The summed E-state index contributed by atoms with van der Waals surface area (Å²) in [5, 5.41) is 10.9. The highest BCUT2D eigenvalue weighted by Gasteiger charge is 2.30. The molecule has 1 saturated heterocycles. The van der Waals surface area contributed by atoms with Crippen molar-refractivity contribution in [3.63, 3.8) is 0 Å². The summed E-state index contributed by atoms with van der Waals surface area (Å²) in [7, 11) is 0. The number of morpholine rings is 1. The van der Waals surface area contributed by atoms with Crippen LogP contribution < -0.4 is 4.90 Å². The van der Waals surface area contributed by atoms with Crippen LogP contribution >= 0.6 is 0 Å². The van der Waals surface area contributed by atoms with Crippen LogP contribution in [0.15, 0.2) is 48.5 Å². The van der Waals surface area contributed by atoms with Gasteiger partial charge in [0.05, 0.1) is 12.2 Å². The molecule has 0 spiro atoms. The minimum Gasteiger partial charge on any atom is -0.372 e. The molecule has 2 aromatic carbocycles. The minimum atomic E-state index is -1.59. The van der Waals surface area contributed by atoms with Gasteiger partial charge in [0.2, 0.25) is 0 Å². The van der Waals surface area contributed by atoms with E-state index in [4.69, 9.17) is 11.2 Å². The Hall–Kier alpha value is -2.35. The molecular weight excluding hydrogens is 317 g/mol. The van der Waals surface area contributed by atoms with Crippen molar-refractivity contribution in [2.75, 3.05) is 18.0 Å². The van der Waals surface area contributed by atoms with Gasteiger partial charge in [-0.15, -0.1) is 6.42 Å². The van der Waals surface area contributed by atoms with Crippen molar-refractivity contribution < 1.29 is 14.2 Å². The highest BCUT2D eigenvalue weighted by Crippen LogP contribution is 2.31. The smallest absolute Gasteiger partial charge is 0.176 e. The molecule has 1 fully saturated rings. The zero-order valence-electron chi connectivity index (χ0n) is 14.4. The van der Waals surface area contributed by atoms with E-state index in [0.29, 0.717) is 11.1 Å². The van der Waals surface area contributed by atoms with Crippen LogP contribution in [0.2, 0.25) is 0 Å². The highest BCUT2D eigenvalue weighted by molar-refractivity contribution is 5.52. The summed E-state index contributed by atoms with van der Waals surface area (Å²) in [5.74, 6) is 2.08. The monoisotopic (exact) mass is 339 g/mol. The van der Waals surface area contributed by atoms with Gasteiger partial charge < -0.3 is 14.7 Å². The van der Waals surface area contributed by atoms with Crippen molar-refractivity contribution in [2.45, 2.75) is 31.7 Å². The molecule has 1 aliphatic heterocycles. The molecule has 130 valence electrons. The Morgan fingerprint density at radius 3 is 2.00 bits per heavy atom. The normalized spacial score (nSPS) is 22.9. The number of terminal acetylenes is 1. The number of hydrogen-bond donors (Lipinski definition) is 1. The van der Waals surface area contributed by atoms with Crippen molar-refractivity contribution in [2.24, 2.45) is 0 Å². The van der Waals surface area contributed by atoms with Gasteiger partial charge in [-0.3, -0.25) is 0 Å². The van der Waals surface area contributed by atoms with Crippen molar-refractivity contribution in [1.82, 2.24) is 0 Å². The molecule has 3 unspecified atom stereocenters. The van der Waals surface area contributed by atoms with Crippen LogP contribution in [0.4, 0.5) is 10.1 Å². The predicted octanol–water partition coefficient (Wildman–Crippen LogP) is 3.31. The topological polar surface area (TPSA) is 32.7 Å². The van der Waals surface area contributed by atoms with Gasteiger partial charge >= 0.3 is 0 Å². The SMILES string of the molecule is C#CC(O)(c1ccc(F)cc1)c1ccc(N2CC(C)OC(C)C2)cc1. The standard InChI is InChI=1S/C21H22FNO2/c1-4-21(24,17-5-9-19(22)10-6-17)18-7-11-20(12-8-18)23-13-15(2)25-16(3)14-23/h1,5-12,15-16,24H,13-14H2,2-3H3. The molecule has 0 amide bonds. The Labute approximate surface area is 148 Å². The van der Waals surface area contributed by atoms with Crippen molar-refractivity contribution in [3.8, 4) is 12.3 Å². The molecule has 2 aromatic rings. The van der Waals surface area contributed by atoms with Gasteiger partial charge in [0.25, 0.3) is 0 Å². The predicted molar refractivity (Wildman–Crippen MR) is 96.9 cm³/mol. The largest absolute Gasteiger partial charge is 0.372 e. The fraction of sp³-hybridized carbons (Fsp3) is 0.333. The minimum absolute atomic E-state index is 0.172. The summed E-state index contributed by atoms with van der Waals surface area (Å²) in [6, 6.07) is 13.2. The van der Waals surface area contributed by atoms with E-state index in [-0.39, 0.29) is 18.0 Å². The first-order valence-electron chi connectivity index (χ1n) is 8.39. The summed E-state index contributed by atoms with van der Waals surface area (Å²) in [4.78, 5) is 2.26. The van der Waals surface area contributed by atoms with Crippen LogP contribution in [-0.4, -0.2) is 30.4 Å². The second kappa shape index (κ2) is 6.87. The van der Waals surface area contributed by atoms with Crippen molar-refractivity contribution in [3.05, 3.63) is 65.5 Å². The van der Waals surface area contributed by atoms with Gasteiger partial charge in [-0.25, -0.2) is 4.39 Å². The maximum Gasteiger partial charge on any atom is 0.176 e. The molecule has 0 radical (unpaired) electrons. The first kappa shape index (κ1) is 17.5. The van der Waals surface area contributed by atoms with E-state index in [0.717, 1.165) is 18.8 Å². The summed E-state index contributed by atoms with van der Waals surface area (Å²) in [6.45, 7) is 5.76. The molecule has 4 heteroatoms. The Balaban J connectivity index is 1.88. The van der Waals surface area contributed by atoms with Crippen LogP contribution in [0.3, 0.4) is 0 Å². The number of anilines is 1. The molecule has 1 N–H and O–H groups in total. The van der Waals surface area contributed by atoms with E-state index in [9.17, 15) is 9.50 Å². The van der Waals surface area contributed by atoms with E-state index < -0.39 is 5.60 Å². The lowest BCUT2D eigenvalue weighted by Gasteiger charge is -2.37. The zero-order chi connectivity index (χ0) is 18.0. The molecule has 0 aromatic heterocycles. The molecule has 0 saturated carbocycles. The van der Waals surface area contributed by atoms with Crippen LogP contribution in [0.25, 0.3) is 0 Å². The molecule has 0 aliphatic carbocycles. The third-order valence-electron chi connectivity index (χ3n) is 4.54. The molecule has 25 heavy (non-hydrogen) atoms. The Morgan fingerprint density at radius 2 is 1.52 bits per heavy atom. The fourth-order valence-electron chi connectivity index (χ4n) is 3.33. The van der Waals surface area contributed by atoms with Gasteiger partial charge in [-0.2, -0.15) is 0 Å². The number of aliphatic hydroxyl groups is 1. The average molecular weight is 339 g/mol. The zero-order valence-corrected chi connectivity index (χ0v) is 14.4. The van der Waals surface area contributed by atoms with E-state index in [1.807, 2.05) is 24.3 Å². The van der Waals surface area contributed by atoms with E-state index in [2.05, 4.69) is 24.7 Å². The molecule has 3 atom stereocenters. The van der Waals surface area contributed by atoms with Gasteiger partial charge in [-0.1, -0.05) is 30.2 Å². The summed E-state index contributed by atoms with van der Waals surface area (Å²) in [6.07, 6.45) is 5.95. The first-order chi connectivity index (χ1) is 11.9. The summed E-state index contributed by atoms with van der Waals surface area (Å²) >= 11 is 0. The number of hydrogen-bond acceptors (Lipinski definition) is 3. The number of ether oxygens (including phenoxy) is 1. The maximum absolute atomic E-state index is 13.2. The van der Waals surface area contributed by atoms with E-state index in [1.54, 1.807) is 0 Å². The van der Waals surface area contributed by atoms with Crippen molar-refractivity contribution in [1.29, 1.82) is 0 Å². The van der Waals surface area contributed by atoms with Crippen LogP contribution in [-0.2, 0) is 10.3 Å². The quantitative estimate of drug-likeness (QED) is 0.871. The van der Waals surface area contributed by atoms with E-state index >= 15 is 0 Å². The second-order valence-corrected chi connectivity index (χ2v) is 6.57. The number of rotatable bonds is 3. The van der Waals surface area contributed by atoms with Gasteiger partial charge in [-0.05, 0) is 38.1 Å². The average Bonchev–Trinajstić information content (AvgIpc) is 2.61. The second-order valence-electron chi connectivity index (χ2n) is 6.57. The molecule has 1 aliphatic rings. The summed E-state index contributed by atoms with van der Waals surface area (Å²) < 4.78 is 18.9. The number of nitrogens with zero attached hydrogens (tertiary/aromatic N) is 1. The number of benzene rings is 2. The Bertz CT molecular complexity index is 756. The van der Waals surface area contributed by atoms with Gasteiger partial charge in [0.1, 0.15) is 5.82 Å². The lowest BCUT2D eigenvalue weighted by molar-refractivity contribution is -0.00522. The lowest BCUT2D eigenvalue weighted by Crippen LogP contribution is -2.45. The van der Waals surface area contributed by atoms with Gasteiger partial charge in [0.15, 0.2) is 5.60 Å². The Kier molecular flexibility index (Phi) is 4.80. The molecule has 0 bridgehead atoms.